The first-order valence-electron chi connectivity index (χ1n) is 8.82. The predicted molar refractivity (Wildman–Crippen MR) is 98.7 cm³/mol. The van der Waals surface area contributed by atoms with Gasteiger partial charge < -0.3 is 4.90 Å². The topological polar surface area (TPSA) is 68.3 Å². The summed E-state index contributed by atoms with van der Waals surface area (Å²) in [5.74, 6) is 0.310. The summed E-state index contributed by atoms with van der Waals surface area (Å²) >= 11 is 0. The van der Waals surface area contributed by atoms with Gasteiger partial charge in [-0.2, -0.15) is 10.2 Å². The summed E-state index contributed by atoms with van der Waals surface area (Å²) in [6.45, 7) is 7.11. The van der Waals surface area contributed by atoms with E-state index in [1.54, 1.807) is 4.68 Å². The smallest absolute Gasteiger partial charge is 0.245 e. The second kappa shape index (κ2) is 6.40. The molecule has 0 saturated carbocycles. The maximum Gasteiger partial charge on any atom is 0.245 e. The Kier molecular flexibility index (Phi) is 4.06. The second-order valence-electron chi connectivity index (χ2n) is 6.84. The molecule has 0 spiro atoms. The summed E-state index contributed by atoms with van der Waals surface area (Å²) in [5.41, 5.74) is 5.10. The molecule has 0 bridgehead atoms. The molecule has 0 radical (unpaired) electrons. The zero-order valence-corrected chi connectivity index (χ0v) is 15.1. The molecule has 0 aliphatic carbocycles. The average Bonchev–Trinajstić information content (AvgIpc) is 3.26. The lowest BCUT2D eigenvalue weighted by Crippen LogP contribution is -2.37. The minimum absolute atomic E-state index is 0.00574. The fraction of sp³-hybridized carbons (Fsp3) is 0.368. The van der Waals surface area contributed by atoms with Crippen LogP contribution in [0, 0.1) is 6.92 Å². The number of hydrogen-bond donors (Lipinski definition) is 0. The van der Waals surface area contributed by atoms with Crippen LogP contribution in [0.4, 0.5) is 0 Å². The first-order valence-corrected chi connectivity index (χ1v) is 8.82. The second-order valence-corrected chi connectivity index (χ2v) is 6.84. The van der Waals surface area contributed by atoms with Crippen molar-refractivity contribution < 1.29 is 4.79 Å². The highest BCUT2D eigenvalue weighted by Gasteiger charge is 2.26. The Morgan fingerprint density at radius 3 is 2.65 bits per heavy atom. The van der Waals surface area contributed by atoms with Gasteiger partial charge in [0.15, 0.2) is 0 Å². The van der Waals surface area contributed by atoms with Crippen LogP contribution in [0.2, 0.25) is 0 Å². The van der Waals surface area contributed by atoms with Gasteiger partial charge in [0.05, 0.1) is 35.5 Å². The number of nitrogens with zero attached hydrogens (tertiary/aromatic N) is 6. The van der Waals surface area contributed by atoms with Crippen LogP contribution in [0.25, 0.3) is 16.8 Å². The van der Waals surface area contributed by atoms with Crippen molar-refractivity contribution in [2.75, 3.05) is 13.1 Å². The summed E-state index contributed by atoms with van der Waals surface area (Å²) in [5, 5.41) is 8.75. The molecule has 1 saturated heterocycles. The Labute approximate surface area is 151 Å². The molecule has 7 nitrogen and oxygen atoms in total. The summed E-state index contributed by atoms with van der Waals surface area (Å²) < 4.78 is 3.69. The van der Waals surface area contributed by atoms with Gasteiger partial charge in [-0.05, 0) is 31.4 Å². The van der Waals surface area contributed by atoms with Crippen molar-refractivity contribution in [1.82, 2.24) is 29.3 Å². The van der Waals surface area contributed by atoms with Crippen molar-refractivity contribution in [3.63, 3.8) is 0 Å². The molecule has 1 fully saturated rings. The van der Waals surface area contributed by atoms with Gasteiger partial charge in [0.1, 0.15) is 0 Å². The van der Waals surface area contributed by atoms with E-state index in [0.717, 1.165) is 54.0 Å². The van der Waals surface area contributed by atoms with E-state index in [0.29, 0.717) is 5.92 Å². The first-order chi connectivity index (χ1) is 12.6. The molecular formula is C19H22N6O. The number of carbonyl (C=O) groups is 1. The van der Waals surface area contributed by atoms with Crippen LogP contribution in [0.1, 0.15) is 30.0 Å². The molecule has 4 rings (SSSR count). The summed E-state index contributed by atoms with van der Waals surface area (Å²) in [6, 6.07) is 0. The molecule has 3 aromatic rings. The van der Waals surface area contributed by atoms with Crippen LogP contribution in [-0.2, 0) is 11.8 Å². The van der Waals surface area contributed by atoms with Gasteiger partial charge >= 0.3 is 0 Å². The van der Waals surface area contributed by atoms with Crippen molar-refractivity contribution in [2.45, 2.75) is 25.7 Å². The predicted octanol–water partition coefficient (Wildman–Crippen LogP) is 2.33. The standard InChI is InChI=1S/C19H22N6O/c1-4-17(26)24-7-5-14(6-8-24)18-19-13(2)9-21-25(19)12-16(22-18)15-10-20-23(3)11-15/h4,9-12,14H,1,5-8H2,2-3H3. The van der Waals surface area contributed by atoms with Gasteiger partial charge in [-0.3, -0.25) is 9.48 Å². The van der Waals surface area contributed by atoms with Crippen molar-refractivity contribution in [3.05, 3.63) is 48.7 Å². The van der Waals surface area contributed by atoms with Crippen molar-refractivity contribution in [3.8, 4) is 11.3 Å². The number of rotatable bonds is 3. The van der Waals surface area contributed by atoms with Crippen LogP contribution >= 0.6 is 0 Å². The van der Waals surface area contributed by atoms with Crippen molar-refractivity contribution in [2.24, 2.45) is 7.05 Å². The zero-order chi connectivity index (χ0) is 18.3. The molecule has 134 valence electrons. The maximum atomic E-state index is 11.8. The third-order valence-electron chi connectivity index (χ3n) is 5.08. The quantitative estimate of drug-likeness (QED) is 0.680. The van der Waals surface area contributed by atoms with Gasteiger partial charge in [0.25, 0.3) is 0 Å². The Morgan fingerprint density at radius 2 is 2.00 bits per heavy atom. The number of hydrogen-bond acceptors (Lipinski definition) is 4. The van der Waals surface area contributed by atoms with E-state index in [-0.39, 0.29) is 5.91 Å². The molecule has 4 heterocycles. The van der Waals surface area contributed by atoms with Crippen LogP contribution < -0.4 is 0 Å². The minimum Gasteiger partial charge on any atom is -0.339 e. The Bertz CT molecular complexity index is 977. The zero-order valence-electron chi connectivity index (χ0n) is 15.1. The molecule has 1 aliphatic rings. The van der Waals surface area contributed by atoms with Crippen molar-refractivity contribution in [1.29, 1.82) is 0 Å². The molecule has 7 heteroatoms. The van der Waals surface area contributed by atoms with Gasteiger partial charge in [0, 0.05) is 37.8 Å². The highest BCUT2D eigenvalue weighted by atomic mass is 16.2. The third kappa shape index (κ3) is 2.79. The fourth-order valence-corrected chi connectivity index (χ4v) is 3.67. The molecular weight excluding hydrogens is 328 g/mol. The minimum atomic E-state index is 0.00574. The SMILES string of the molecule is C=CC(=O)N1CCC(c2nc(-c3cnn(C)c3)cn3ncc(C)c23)CC1. The first kappa shape index (κ1) is 16.5. The molecule has 0 aromatic carbocycles. The number of piperidine rings is 1. The summed E-state index contributed by atoms with van der Waals surface area (Å²) in [4.78, 5) is 18.7. The van der Waals surface area contributed by atoms with Crippen LogP contribution in [0.15, 0.2) is 37.4 Å². The highest BCUT2D eigenvalue weighted by molar-refractivity contribution is 5.87. The third-order valence-corrected chi connectivity index (χ3v) is 5.08. The van der Waals surface area contributed by atoms with E-state index in [1.165, 1.54) is 6.08 Å². The average molecular weight is 350 g/mol. The van der Waals surface area contributed by atoms with E-state index in [1.807, 2.05) is 41.3 Å². The molecule has 0 unspecified atom stereocenters. The number of aromatic nitrogens is 5. The Hall–Kier alpha value is -2.96. The maximum absolute atomic E-state index is 11.8. The number of aryl methyl sites for hydroxylation is 2. The highest BCUT2D eigenvalue weighted by Crippen LogP contribution is 2.32. The molecule has 3 aromatic heterocycles. The largest absolute Gasteiger partial charge is 0.339 e. The number of fused-ring (bicyclic) bond motifs is 1. The number of carbonyl (C=O) groups excluding carboxylic acids is 1. The lowest BCUT2D eigenvalue weighted by molar-refractivity contribution is -0.127. The van der Waals surface area contributed by atoms with E-state index in [9.17, 15) is 4.79 Å². The normalized spacial score (nSPS) is 15.5. The van der Waals surface area contributed by atoms with Crippen LogP contribution in [0.5, 0.6) is 0 Å². The van der Waals surface area contributed by atoms with Gasteiger partial charge in [-0.15, -0.1) is 0 Å². The molecule has 1 aliphatic heterocycles. The number of amides is 1. The lowest BCUT2D eigenvalue weighted by atomic mass is 9.91. The fourth-order valence-electron chi connectivity index (χ4n) is 3.67. The molecule has 26 heavy (non-hydrogen) atoms. The molecule has 0 N–H and O–H groups in total. The molecule has 1 amide bonds. The van der Waals surface area contributed by atoms with Crippen LogP contribution in [-0.4, -0.2) is 48.3 Å². The van der Waals surface area contributed by atoms with E-state index in [4.69, 9.17) is 4.98 Å². The van der Waals surface area contributed by atoms with Gasteiger partial charge in [0.2, 0.25) is 5.91 Å². The van der Waals surface area contributed by atoms with Gasteiger partial charge in [-0.1, -0.05) is 6.58 Å². The molecule has 0 atom stereocenters. The lowest BCUT2D eigenvalue weighted by Gasteiger charge is -2.31. The van der Waals surface area contributed by atoms with E-state index >= 15 is 0 Å². The Morgan fingerprint density at radius 1 is 1.23 bits per heavy atom. The van der Waals surface area contributed by atoms with Gasteiger partial charge in [-0.25, -0.2) is 9.50 Å². The van der Waals surface area contributed by atoms with E-state index in [2.05, 4.69) is 23.7 Å². The van der Waals surface area contributed by atoms with Crippen molar-refractivity contribution >= 4 is 11.4 Å². The monoisotopic (exact) mass is 350 g/mol. The van der Waals surface area contributed by atoms with E-state index < -0.39 is 0 Å². The Balaban J connectivity index is 1.73. The summed E-state index contributed by atoms with van der Waals surface area (Å²) in [7, 11) is 1.90. The number of likely N-dealkylation sites (tertiary alicyclic amines) is 1. The summed E-state index contributed by atoms with van der Waals surface area (Å²) in [6.07, 6.45) is 10.8. The van der Waals surface area contributed by atoms with Crippen LogP contribution in [0.3, 0.4) is 0 Å².